The molecule has 0 amide bonds. The van der Waals surface area contributed by atoms with Crippen LogP contribution in [-0.4, -0.2) is 24.0 Å². The van der Waals surface area contributed by atoms with Crippen LogP contribution in [0.3, 0.4) is 0 Å². The van der Waals surface area contributed by atoms with Gasteiger partial charge in [-0.15, -0.1) is 0 Å². The van der Waals surface area contributed by atoms with E-state index in [1.165, 1.54) is 5.56 Å². The normalized spacial score (nSPS) is 12.8. The minimum Gasteiger partial charge on any atom is -0.387 e. The van der Waals surface area contributed by atoms with Crippen LogP contribution in [0, 0.1) is 0 Å². The third-order valence-electron chi connectivity index (χ3n) is 4.12. The lowest BCUT2D eigenvalue weighted by Gasteiger charge is -2.20. The van der Waals surface area contributed by atoms with Crippen LogP contribution in [0.1, 0.15) is 54.8 Å². The number of nitrogens with one attached hydrogen (secondary N) is 1. The van der Waals surface area contributed by atoms with Gasteiger partial charge in [0.1, 0.15) is 0 Å². The fourth-order valence-corrected chi connectivity index (χ4v) is 2.53. The quantitative estimate of drug-likeness (QED) is 0.600. The molecular weight excluding hydrogens is 298 g/mol. The summed E-state index contributed by atoms with van der Waals surface area (Å²) < 4.78 is 0. The highest BCUT2D eigenvalue weighted by atomic mass is 16.3. The van der Waals surface area contributed by atoms with Crippen LogP contribution in [0.5, 0.6) is 0 Å². The Kier molecular flexibility index (Phi) is 6.29. The molecule has 2 aromatic rings. The molecule has 0 aromatic heterocycles. The molecule has 3 heteroatoms. The number of Topliss-reactive ketones (excluding diaryl/α,β-unsaturated/α-hetero) is 1. The molecule has 1 unspecified atom stereocenters. The minimum absolute atomic E-state index is 0.111. The Morgan fingerprint density at radius 2 is 1.67 bits per heavy atom. The number of rotatable bonds is 7. The average molecular weight is 325 g/mol. The van der Waals surface area contributed by atoms with Crippen molar-refractivity contribution < 1.29 is 9.90 Å². The standard InChI is InChI=1S/C21H27NO2/c1-21(2,3)18-11-9-17(10-12-18)20(24)15-22-14-13-19(23)16-7-5-4-6-8-16/h4-12,20,22,24H,13-15H2,1-3H3. The Bertz CT molecular complexity index is 642. The van der Waals surface area contributed by atoms with E-state index in [-0.39, 0.29) is 11.2 Å². The summed E-state index contributed by atoms with van der Waals surface area (Å²) >= 11 is 0. The molecule has 0 heterocycles. The van der Waals surface area contributed by atoms with Crippen molar-refractivity contribution in [3.05, 3.63) is 71.3 Å². The van der Waals surface area contributed by atoms with E-state index in [0.717, 1.165) is 11.1 Å². The molecule has 2 N–H and O–H groups in total. The van der Waals surface area contributed by atoms with Crippen molar-refractivity contribution >= 4 is 5.78 Å². The van der Waals surface area contributed by atoms with Gasteiger partial charge in [0.25, 0.3) is 0 Å². The molecular formula is C21H27NO2. The lowest BCUT2D eigenvalue weighted by atomic mass is 9.86. The third-order valence-corrected chi connectivity index (χ3v) is 4.12. The first-order valence-corrected chi connectivity index (χ1v) is 8.45. The molecule has 0 aliphatic carbocycles. The molecule has 0 saturated heterocycles. The summed E-state index contributed by atoms with van der Waals surface area (Å²) in [4.78, 5) is 12.0. The Hall–Kier alpha value is -1.97. The van der Waals surface area contributed by atoms with E-state index in [2.05, 4.69) is 38.2 Å². The summed E-state index contributed by atoms with van der Waals surface area (Å²) in [7, 11) is 0. The van der Waals surface area contributed by atoms with Crippen molar-refractivity contribution in [2.75, 3.05) is 13.1 Å². The van der Waals surface area contributed by atoms with Crippen molar-refractivity contribution in [1.29, 1.82) is 0 Å². The van der Waals surface area contributed by atoms with Gasteiger partial charge in [-0.2, -0.15) is 0 Å². The van der Waals surface area contributed by atoms with Crippen LogP contribution in [0.15, 0.2) is 54.6 Å². The van der Waals surface area contributed by atoms with Gasteiger partial charge in [0.05, 0.1) is 6.10 Å². The maximum absolute atomic E-state index is 12.0. The van der Waals surface area contributed by atoms with Gasteiger partial charge in [-0.05, 0) is 16.5 Å². The summed E-state index contributed by atoms with van der Waals surface area (Å²) in [6.07, 6.45) is -0.134. The van der Waals surface area contributed by atoms with Crippen LogP contribution in [-0.2, 0) is 5.41 Å². The van der Waals surface area contributed by atoms with Crippen molar-refractivity contribution in [2.24, 2.45) is 0 Å². The fraction of sp³-hybridized carbons (Fsp3) is 0.381. The second kappa shape index (κ2) is 8.22. The van der Waals surface area contributed by atoms with Gasteiger partial charge in [-0.3, -0.25) is 4.79 Å². The van der Waals surface area contributed by atoms with Crippen molar-refractivity contribution in [3.8, 4) is 0 Å². The Morgan fingerprint density at radius 1 is 1.04 bits per heavy atom. The van der Waals surface area contributed by atoms with Crippen molar-refractivity contribution in [3.63, 3.8) is 0 Å². The summed E-state index contributed by atoms with van der Waals surface area (Å²) in [5, 5.41) is 13.4. The van der Waals surface area contributed by atoms with E-state index in [1.54, 1.807) is 0 Å². The number of aliphatic hydroxyl groups is 1. The Balaban J connectivity index is 1.77. The zero-order chi connectivity index (χ0) is 17.6. The topological polar surface area (TPSA) is 49.3 Å². The molecule has 1 atom stereocenters. The van der Waals surface area contributed by atoms with Gasteiger partial charge in [0.15, 0.2) is 5.78 Å². The number of carbonyl (C=O) groups excluding carboxylic acids is 1. The van der Waals surface area contributed by atoms with E-state index in [0.29, 0.717) is 19.5 Å². The second-order valence-corrected chi connectivity index (χ2v) is 7.13. The summed E-state index contributed by atoms with van der Waals surface area (Å²) in [6, 6.07) is 17.4. The average Bonchev–Trinajstić information content (AvgIpc) is 2.58. The van der Waals surface area contributed by atoms with E-state index in [1.807, 2.05) is 42.5 Å². The number of benzene rings is 2. The molecule has 0 saturated carbocycles. The maximum atomic E-state index is 12.0. The van der Waals surface area contributed by atoms with Gasteiger partial charge in [0.2, 0.25) is 0 Å². The van der Waals surface area contributed by atoms with Crippen LogP contribution >= 0.6 is 0 Å². The van der Waals surface area contributed by atoms with Gasteiger partial charge >= 0.3 is 0 Å². The molecule has 2 rings (SSSR count). The molecule has 2 aromatic carbocycles. The highest BCUT2D eigenvalue weighted by Crippen LogP contribution is 2.23. The highest BCUT2D eigenvalue weighted by molar-refractivity contribution is 5.96. The van der Waals surface area contributed by atoms with Gasteiger partial charge < -0.3 is 10.4 Å². The predicted molar refractivity (Wildman–Crippen MR) is 98.4 cm³/mol. The number of hydrogen-bond donors (Lipinski definition) is 2. The predicted octanol–water partition coefficient (Wildman–Crippen LogP) is 3.88. The van der Waals surface area contributed by atoms with Crippen molar-refractivity contribution in [2.45, 2.75) is 38.7 Å². The number of hydrogen-bond acceptors (Lipinski definition) is 3. The van der Waals surface area contributed by atoms with Gasteiger partial charge in [-0.1, -0.05) is 75.4 Å². The molecule has 0 radical (unpaired) electrons. The Morgan fingerprint density at radius 3 is 2.25 bits per heavy atom. The monoisotopic (exact) mass is 325 g/mol. The zero-order valence-corrected chi connectivity index (χ0v) is 14.8. The third kappa shape index (κ3) is 5.29. The summed E-state index contributed by atoms with van der Waals surface area (Å²) in [5.74, 6) is 0.118. The molecule has 128 valence electrons. The highest BCUT2D eigenvalue weighted by Gasteiger charge is 2.14. The largest absolute Gasteiger partial charge is 0.387 e. The minimum atomic E-state index is -0.564. The first-order chi connectivity index (χ1) is 11.4. The van der Waals surface area contributed by atoms with Crippen molar-refractivity contribution in [1.82, 2.24) is 5.32 Å². The number of aliphatic hydroxyl groups excluding tert-OH is 1. The summed E-state index contributed by atoms with van der Waals surface area (Å²) in [6.45, 7) is 7.51. The molecule has 0 aliphatic heterocycles. The maximum Gasteiger partial charge on any atom is 0.164 e. The first-order valence-electron chi connectivity index (χ1n) is 8.45. The molecule has 0 fully saturated rings. The molecule has 3 nitrogen and oxygen atoms in total. The molecule has 0 bridgehead atoms. The van der Waals surface area contributed by atoms with Gasteiger partial charge in [-0.25, -0.2) is 0 Å². The SMILES string of the molecule is CC(C)(C)c1ccc(C(O)CNCCC(=O)c2ccccc2)cc1. The molecule has 0 aliphatic rings. The van der Waals surface area contributed by atoms with Crippen LogP contribution in [0.25, 0.3) is 0 Å². The fourth-order valence-electron chi connectivity index (χ4n) is 2.53. The number of carbonyl (C=O) groups is 1. The van der Waals surface area contributed by atoms with Crippen LogP contribution in [0.2, 0.25) is 0 Å². The zero-order valence-electron chi connectivity index (χ0n) is 14.8. The molecule has 24 heavy (non-hydrogen) atoms. The lowest BCUT2D eigenvalue weighted by Crippen LogP contribution is -2.24. The summed E-state index contributed by atoms with van der Waals surface area (Å²) in [5.41, 5.74) is 2.99. The van der Waals surface area contributed by atoms with Crippen LogP contribution < -0.4 is 5.32 Å². The van der Waals surface area contributed by atoms with E-state index in [9.17, 15) is 9.90 Å². The van der Waals surface area contributed by atoms with E-state index in [4.69, 9.17) is 0 Å². The first kappa shape index (κ1) is 18.4. The lowest BCUT2D eigenvalue weighted by molar-refractivity contribution is 0.0979. The molecule has 0 spiro atoms. The van der Waals surface area contributed by atoms with E-state index >= 15 is 0 Å². The Labute approximate surface area is 144 Å². The second-order valence-electron chi connectivity index (χ2n) is 7.13. The van der Waals surface area contributed by atoms with E-state index < -0.39 is 6.10 Å². The number of ketones is 1. The van der Waals surface area contributed by atoms with Crippen LogP contribution in [0.4, 0.5) is 0 Å². The van der Waals surface area contributed by atoms with Gasteiger partial charge in [0, 0.05) is 25.1 Å². The smallest absolute Gasteiger partial charge is 0.164 e.